The molecule has 0 aliphatic heterocycles. The molecule has 0 aliphatic rings. The van der Waals surface area contributed by atoms with E-state index in [9.17, 15) is 0 Å². The number of benzene rings is 1. The fourth-order valence-corrected chi connectivity index (χ4v) is 2.39. The lowest BCUT2D eigenvalue weighted by Crippen LogP contribution is -2.10. The Morgan fingerprint density at radius 2 is 2.16 bits per heavy atom. The van der Waals surface area contributed by atoms with Gasteiger partial charge >= 0.3 is 0 Å². The van der Waals surface area contributed by atoms with Gasteiger partial charge in [-0.25, -0.2) is 4.98 Å². The average molecular weight is 276 g/mol. The van der Waals surface area contributed by atoms with Crippen LogP contribution in [0, 0.1) is 6.92 Å². The Kier molecular flexibility index (Phi) is 3.21. The van der Waals surface area contributed by atoms with E-state index in [2.05, 4.69) is 38.9 Å². The van der Waals surface area contributed by atoms with Crippen LogP contribution in [0.2, 0.25) is 0 Å². The number of halogens is 1. The van der Waals surface area contributed by atoms with Crippen LogP contribution < -0.4 is 0 Å². The first-order chi connectivity index (χ1) is 9.28. The first kappa shape index (κ1) is 12.2. The summed E-state index contributed by atoms with van der Waals surface area (Å²) in [7, 11) is 0. The number of aromatic nitrogens is 5. The van der Waals surface area contributed by atoms with Crippen LogP contribution in [0.1, 0.15) is 11.4 Å². The highest BCUT2D eigenvalue weighted by Crippen LogP contribution is 2.19. The molecule has 0 amide bonds. The van der Waals surface area contributed by atoms with Crippen molar-refractivity contribution in [3.8, 4) is 0 Å². The maximum atomic E-state index is 5.99. The van der Waals surface area contributed by atoms with Crippen molar-refractivity contribution in [2.75, 3.05) is 0 Å². The van der Waals surface area contributed by atoms with Crippen molar-refractivity contribution in [3.05, 3.63) is 42.0 Å². The molecule has 0 aliphatic carbocycles. The molecule has 0 unspecified atom stereocenters. The molecule has 6 heteroatoms. The quantitative estimate of drug-likeness (QED) is 0.687. The van der Waals surface area contributed by atoms with Gasteiger partial charge < -0.3 is 4.57 Å². The molecule has 3 rings (SSSR count). The molecule has 0 N–H and O–H groups in total. The highest BCUT2D eigenvalue weighted by Gasteiger charge is 2.10. The Hall–Kier alpha value is -1.88. The summed E-state index contributed by atoms with van der Waals surface area (Å²) in [4.78, 5) is 4.56. The van der Waals surface area contributed by atoms with E-state index < -0.39 is 0 Å². The van der Waals surface area contributed by atoms with Crippen molar-refractivity contribution in [1.82, 2.24) is 24.5 Å². The minimum atomic E-state index is 0.408. The summed E-state index contributed by atoms with van der Waals surface area (Å²) in [6.45, 7) is 3.61. The van der Waals surface area contributed by atoms with Crippen LogP contribution in [-0.4, -0.2) is 24.5 Å². The maximum absolute atomic E-state index is 5.99. The second kappa shape index (κ2) is 5.01. The van der Waals surface area contributed by atoms with Crippen molar-refractivity contribution in [2.24, 2.45) is 0 Å². The van der Waals surface area contributed by atoms with Crippen LogP contribution in [0.3, 0.4) is 0 Å². The van der Waals surface area contributed by atoms with E-state index in [-0.39, 0.29) is 0 Å². The molecule has 2 aromatic heterocycles. The molecular weight excluding hydrogens is 262 g/mol. The smallest absolute Gasteiger partial charge is 0.124 e. The Balaban J connectivity index is 1.97. The molecular formula is C13H14ClN5. The van der Waals surface area contributed by atoms with Crippen LogP contribution in [0.5, 0.6) is 0 Å². The normalized spacial score (nSPS) is 11.3. The molecule has 2 heterocycles. The summed E-state index contributed by atoms with van der Waals surface area (Å²) in [6, 6.07) is 6.24. The molecule has 0 radical (unpaired) electrons. The van der Waals surface area contributed by atoms with Crippen molar-refractivity contribution in [2.45, 2.75) is 25.9 Å². The van der Waals surface area contributed by atoms with E-state index in [1.807, 2.05) is 12.3 Å². The van der Waals surface area contributed by atoms with Gasteiger partial charge in [0, 0.05) is 12.7 Å². The standard InChI is InChI=1S/C13H14ClN5/c1-10-2-3-11-12(8-10)19(13(9-14)16-11)7-6-18-5-4-15-17-18/h2-5,8H,6-7,9H2,1H3. The molecule has 0 spiro atoms. The minimum Gasteiger partial charge on any atom is -0.325 e. The van der Waals surface area contributed by atoms with Gasteiger partial charge in [0.15, 0.2) is 0 Å². The molecule has 1 aromatic carbocycles. The molecule has 98 valence electrons. The lowest BCUT2D eigenvalue weighted by molar-refractivity contribution is 0.519. The van der Waals surface area contributed by atoms with Crippen molar-refractivity contribution < 1.29 is 0 Å². The largest absolute Gasteiger partial charge is 0.325 e. The van der Waals surface area contributed by atoms with Crippen molar-refractivity contribution in [1.29, 1.82) is 0 Å². The Bertz CT molecular complexity index is 686. The zero-order valence-corrected chi connectivity index (χ0v) is 11.4. The molecule has 0 atom stereocenters. The number of aryl methyl sites for hydroxylation is 3. The number of hydrogen-bond acceptors (Lipinski definition) is 3. The number of alkyl halides is 1. The van der Waals surface area contributed by atoms with Gasteiger partial charge in [-0.3, -0.25) is 4.68 Å². The average Bonchev–Trinajstić information content (AvgIpc) is 3.03. The summed E-state index contributed by atoms with van der Waals surface area (Å²) in [6.07, 6.45) is 3.53. The fourth-order valence-electron chi connectivity index (χ4n) is 2.19. The van der Waals surface area contributed by atoms with E-state index in [1.165, 1.54) is 5.56 Å². The zero-order chi connectivity index (χ0) is 13.2. The molecule has 0 fully saturated rings. The first-order valence-electron chi connectivity index (χ1n) is 6.14. The second-order valence-corrected chi connectivity index (χ2v) is 4.74. The lowest BCUT2D eigenvalue weighted by atomic mass is 10.2. The minimum absolute atomic E-state index is 0.408. The van der Waals surface area contributed by atoms with Crippen LogP contribution in [0.25, 0.3) is 11.0 Å². The van der Waals surface area contributed by atoms with E-state index >= 15 is 0 Å². The summed E-state index contributed by atoms with van der Waals surface area (Å²) >= 11 is 5.99. The number of nitrogens with zero attached hydrogens (tertiary/aromatic N) is 5. The maximum Gasteiger partial charge on any atom is 0.124 e. The van der Waals surface area contributed by atoms with Crippen LogP contribution in [0.15, 0.2) is 30.6 Å². The summed E-state index contributed by atoms with van der Waals surface area (Å²) < 4.78 is 3.96. The highest BCUT2D eigenvalue weighted by atomic mass is 35.5. The molecule has 5 nitrogen and oxygen atoms in total. The fraction of sp³-hybridized carbons (Fsp3) is 0.308. The third-order valence-electron chi connectivity index (χ3n) is 3.13. The predicted molar refractivity (Wildman–Crippen MR) is 74.0 cm³/mol. The number of imidazole rings is 1. The summed E-state index contributed by atoms with van der Waals surface area (Å²) in [5, 5.41) is 7.77. The SMILES string of the molecule is Cc1ccc2nc(CCl)n(CCn3ccnn3)c2c1. The molecule has 3 aromatic rings. The van der Waals surface area contributed by atoms with Gasteiger partial charge in [0.2, 0.25) is 0 Å². The number of rotatable bonds is 4. The monoisotopic (exact) mass is 275 g/mol. The van der Waals surface area contributed by atoms with E-state index in [4.69, 9.17) is 11.6 Å². The van der Waals surface area contributed by atoms with Crippen LogP contribution in [0.4, 0.5) is 0 Å². The molecule has 19 heavy (non-hydrogen) atoms. The van der Waals surface area contributed by atoms with Gasteiger partial charge in [-0.1, -0.05) is 11.3 Å². The number of hydrogen-bond donors (Lipinski definition) is 0. The van der Waals surface area contributed by atoms with E-state index in [1.54, 1.807) is 10.9 Å². The van der Waals surface area contributed by atoms with E-state index in [0.29, 0.717) is 5.88 Å². The molecule has 0 saturated carbocycles. The third kappa shape index (κ3) is 2.33. The van der Waals surface area contributed by atoms with Crippen molar-refractivity contribution >= 4 is 22.6 Å². The lowest BCUT2D eigenvalue weighted by Gasteiger charge is -2.07. The van der Waals surface area contributed by atoms with Crippen LogP contribution in [-0.2, 0) is 19.0 Å². The van der Waals surface area contributed by atoms with E-state index in [0.717, 1.165) is 29.9 Å². The van der Waals surface area contributed by atoms with Gasteiger partial charge in [-0.15, -0.1) is 16.7 Å². The highest BCUT2D eigenvalue weighted by molar-refractivity contribution is 6.16. The second-order valence-electron chi connectivity index (χ2n) is 4.47. The predicted octanol–water partition coefficient (Wildman–Crippen LogP) is 2.38. The summed E-state index contributed by atoms with van der Waals surface area (Å²) in [5.41, 5.74) is 3.33. The molecule has 0 saturated heterocycles. The Morgan fingerprint density at radius 3 is 2.89 bits per heavy atom. The van der Waals surface area contributed by atoms with Gasteiger partial charge in [0.1, 0.15) is 5.82 Å². The first-order valence-corrected chi connectivity index (χ1v) is 6.67. The van der Waals surface area contributed by atoms with Crippen molar-refractivity contribution in [3.63, 3.8) is 0 Å². The van der Waals surface area contributed by atoms with Crippen LogP contribution >= 0.6 is 11.6 Å². The summed E-state index contributed by atoms with van der Waals surface area (Å²) in [5.74, 6) is 1.30. The Labute approximate surface area is 115 Å². The zero-order valence-electron chi connectivity index (χ0n) is 10.6. The molecule has 0 bridgehead atoms. The van der Waals surface area contributed by atoms with Gasteiger partial charge in [-0.05, 0) is 24.6 Å². The topological polar surface area (TPSA) is 48.5 Å². The van der Waals surface area contributed by atoms with Gasteiger partial charge in [0.25, 0.3) is 0 Å². The van der Waals surface area contributed by atoms with Gasteiger partial charge in [0.05, 0.1) is 29.7 Å². The van der Waals surface area contributed by atoms with Gasteiger partial charge in [-0.2, -0.15) is 0 Å². The number of fused-ring (bicyclic) bond motifs is 1. The third-order valence-corrected chi connectivity index (χ3v) is 3.37. The Morgan fingerprint density at radius 1 is 1.26 bits per heavy atom.